The molecule has 0 aliphatic carbocycles. The van der Waals surface area contributed by atoms with Crippen LogP contribution in [0.25, 0.3) is 11.3 Å². The van der Waals surface area contributed by atoms with Crippen LogP contribution in [0.2, 0.25) is 0 Å². The van der Waals surface area contributed by atoms with Crippen molar-refractivity contribution in [3.05, 3.63) is 71.7 Å². The summed E-state index contributed by atoms with van der Waals surface area (Å²) in [4.78, 5) is 24.0. The van der Waals surface area contributed by atoms with Crippen molar-refractivity contribution in [2.24, 2.45) is 0 Å². The Morgan fingerprint density at radius 1 is 0.963 bits per heavy atom. The topological polar surface area (TPSA) is 107 Å². The molecule has 4 N–H and O–H groups in total. The molecule has 0 aliphatic rings. The van der Waals surface area contributed by atoms with E-state index in [0.717, 1.165) is 0 Å². The summed E-state index contributed by atoms with van der Waals surface area (Å²) >= 11 is 0. The van der Waals surface area contributed by atoms with E-state index >= 15 is 0 Å². The Balaban J connectivity index is 1.47. The number of carbonyl (C=O) groups excluding carboxylic acids is 2. The second-order valence-corrected chi connectivity index (χ2v) is 5.73. The van der Waals surface area contributed by atoms with Crippen LogP contribution in [0, 0.1) is 5.82 Å². The summed E-state index contributed by atoms with van der Waals surface area (Å²) in [5.74, 6) is -0.931. The average molecular weight is 368 g/mol. The molecular formula is C19H17FN4O3. The van der Waals surface area contributed by atoms with E-state index in [2.05, 4.69) is 20.8 Å². The van der Waals surface area contributed by atoms with Crippen molar-refractivity contribution in [2.75, 3.05) is 13.1 Å². The Kier molecular flexibility index (Phi) is 5.46. The van der Waals surface area contributed by atoms with Gasteiger partial charge in [0.25, 0.3) is 11.8 Å². The molecule has 2 amide bonds. The van der Waals surface area contributed by atoms with Crippen LogP contribution in [0.5, 0.6) is 5.75 Å². The Labute approximate surface area is 154 Å². The van der Waals surface area contributed by atoms with Gasteiger partial charge in [-0.15, -0.1) is 0 Å². The van der Waals surface area contributed by atoms with Crippen molar-refractivity contribution in [3.8, 4) is 17.0 Å². The van der Waals surface area contributed by atoms with Crippen LogP contribution in [0.4, 0.5) is 4.39 Å². The minimum Gasteiger partial charge on any atom is -0.508 e. The third-order valence-corrected chi connectivity index (χ3v) is 3.79. The van der Waals surface area contributed by atoms with Gasteiger partial charge < -0.3 is 15.7 Å². The first-order chi connectivity index (χ1) is 13.0. The predicted octanol–water partition coefficient (Wildman–Crippen LogP) is 2.08. The Bertz CT molecular complexity index is 936. The fraction of sp³-hybridized carbons (Fsp3) is 0.105. The van der Waals surface area contributed by atoms with E-state index in [4.69, 9.17) is 0 Å². The molecular weight excluding hydrogens is 351 g/mol. The van der Waals surface area contributed by atoms with E-state index in [0.29, 0.717) is 16.8 Å². The SMILES string of the molecule is O=C(NCCNC(=O)c1cc(-c2ccc(F)cc2)n[nH]1)c1ccc(O)cc1. The molecule has 1 aromatic heterocycles. The maximum absolute atomic E-state index is 13.0. The standard InChI is InChI=1S/C19H17FN4O3/c20-14-5-1-12(2-6-14)16-11-17(24-23-16)19(27)22-10-9-21-18(26)13-3-7-15(25)8-4-13/h1-8,11,25H,9-10H2,(H,21,26)(H,22,27)(H,23,24). The number of hydrogen-bond donors (Lipinski definition) is 4. The Morgan fingerprint density at radius 2 is 1.59 bits per heavy atom. The highest BCUT2D eigenvalue weighted by Crippen LogP contribution is 2.17. The second-order valence-electron chi connectivity index (χ2n) is 5.73. The Hall–Kier alpha value is -3.68. The lowest BCUT2D eigenvalue weighted by Gasteiger charge is -2.06. The van der Waals surface area contributed by atoms with E-state index in [1.807, 2.05) is 0 Å². The molecule has 2 aromatic carbocycles. The molecule has 138 valence electrons. The van der Waals surface area contributed by atoms with E-state index in [1.165, 1.54) is 36.4 Å². The number of nitrogens with zero attached hydrogens (tertiary/aromatic N) is 1. The number of amides is 2. The normalized spacial score (nSPS) is 10.4. The van der Waals surface area contributed by atoms with Gasteiger partial charge in [-0.2, -0.15) is 5.10 Å². The van der Waals surface area contributed by atoms with E-state index in [1.54, 1.807) is 18.2 Å². The molecule has 3 aromatic rings. The van der Waals surface area contributed by atoms with Gasteiger partial charge in [0.15, 0.2) is 0 Å². The number of halogens is 1. The van der Waals surface area contributed by atoms with E-state index in [9.17, 15) is 19.1 Å². The van der Waals surface area contributed by atoms with Crippen LogP contribution in [-0.2, 0) is 0 Å². The van der Waals surface area contributed by atoms with Gasteiger partial charge in [0.2, 0.25) is 0 Å². The maximum atomic E-state index is 13.0. The molecule has 0 spiro atoms. The van der Waals surface area contributed by atoms with Gasteiger partial charge in [-0.1, -0.05) is 0 Å². The van der Waals surface area contributed by atoms with Gasteiger partial charge in [0.05, 0.1) is 5.69 Å². The zero-order valence-electron chi connectivity index (χ0n) is 14.2. The van der Waals surface area contributed by atoms with Gasteiger partial charge in [0, 0.05) is 24.2 Å². The van der Waals surface area contributed by atoms with Gasteiger partial charge in [-0.25, -0.2) is 4.39 Å². The number of phenolic OH excluding ortho intramolecular Hbond substituents is 1. The number of benzene rings is 2. The zero-order valence-corrected chi connectivity index (χ0v) is 14.2. The van der Waals surface area contributed by atoms with Crippen LogP contribution >= 0.6 is 0 Å². The predicted molar refractivity (Wildman–Crippen MR) is 96.8 cm³/mol. The highest BCUT2D eigenvalue weighted by atomic mass is 19.1. The van der Waals surface area contributed by atoms with Crippen molar-refractivity contribution in [1.82, 2.24) is 20.8 Å². The molecule has 0 unspecified atom stereocenters. The van der Waals surface area contributed by atoms with Crippen molar-refractivity contribution in [3.63, 3.8) is 0 Å². The minimum atomic E-state index is -0.366. The van der Waals surface area contributed by atoms with Crippen molar-refractivity contribution >= 4 is 11.8 Å². The monoisotopic (exact) mass is 368 g/mol. The molecule has 7 nitrogen and oxygen atoms in total. The van der Waals surface area contributed by atoms with Gasteiger partial charge in [-0.05, 0) is 54.6 Å². The lowest BCUT2D eigenvalue weighted by atomic mass is 10.1. The summed E-state index contributed by atoms with van der Waals surface area (Å²) in [5, 5.41) is 21.2. The average Bonchev–Trinajstić information content (AvgIpc) is 3.16. The van der Waals surface area contributed by atoms with Crippen molar-refractivity contribution < 1.29 is 19.1 Å². The summed E-state index contributed by atoms with van der Waals surface area (Å²) < 4.78 is 13.0. The number of aromatic hydroxyl groups is 1. The zero-order chi connectivity index (χ0) is 19.2. The fourth-order valence-electron chi connectivity index (χ4n) is 2.37. The molecule has 0 saturated carbocycles. The number of H-pyrrole nitrogens is 1. The number of nitrogens with one attached hydrogen (secondary N) is 3. The van der Waals surface area contributed by atoms with Crippen LogP contribution in [0.3, 0.4) is 0 Å². The highest BCUT2D eigenvalue weighted by Gasteiger charge is 2.11. The van der Waals surface area contributed by atoms with Crippen LogP contribution in [0.15, 0.2) is 54.6 Å². The summed E-state index contributed by atoms with van der Waals surface area (Å²) in [5.41, 5.74) is 1.89. The molecule has 0 fully saturated rings. The van der Waals surface area contributed by atoms with Gasteiger partial charge in [0.1, 0.15) is 17.3 Å². The Morgan fingerprint density at radius 3 is 2.26 bits per heavy atom. The third kappa shape index (κ3) is 4.69. The van der Waals surface area contributed by atoms with Crippen molar-refractivity contribution in [2.45, 2.75) is 0 Å². The molecule has 0 radical (unpaired) electrons. The highest BCUT2D eigenvalue weighted by molar-refractivity contribution is 5.95. The quantitative estimate of drug-likeness (QED) is 0.500. The molecule has 8 heteroatoms. The number of carbonyl (C=O) groups is 2. The smallest absolute Gasteiger partial charge is 0.269 e. The lowest BCUT2D eigenvalue weighted by molar-refractivity contribution is 0.0925. The summed E-state index contributed by atoms with van der Waals surface area (Å²) in [6.45, 7) is 0.470. The summed E-state index contributed by atoms with van der Waals surface area (Å²) in [6, 6.07) is 13.2. The van der Waals surface area contributed by atoms with Crippen molar-refractivity contribution in [1.29, 1.82) is 0 Å². The minimum absolute atomic E-state index is 0.0818. The molecule has 0 saturated heterocycles. The molecule has 27 heavy (non-hydrogen) atoms. The maximum Gasteiger partial charge on any atom is 0.269 e. The first-order valence-electron chi connectivity index (χ1n) is 8.20. The fourth-order valence-corrected chi connectivity index (χ4v) is 2.37. The third-order valence-electron chi connectivity index (χ3n) is 3.79. The molecule has 0 bridgehead atoms. The van der Waals surface area contributed by atoms with Gasteiger partial charge in [-0.3, -0.25) is 14.7 Å². The molecule has 0 aliphatic heterocycles. The number of rotatable bonds is 6. The molecule has 1 heterocycles. The number of phenols is 1. The van der Waals surface area contributed by atoms with Crippen LogP contribution in [-0.4, -0.2) is 40.2 Å². The van der Waals surface area contributed by atoms with E-state index in [-0.39, 0.29) is 42.2 Å². The summed E-state index contributed by atoms with van der Waals surface area (Å²) in [6.07, 6.45) is 0. The first kappa shape index (κ1) is 18.1. The first-order valence-corrected chi connectivity index (χ1v) is 8.20. The summed E-state index contributed by atoms with van der Waals surface area (Å²) in [7, 11) is 0. The van der Waals surface area contributed by atoms with Gasteiger partial charge >= 0.3 is 0 Å². The number of hydrogen-bond acceptors (Lipinski definition) is 4. The number of aromatic nitrogens is 2. The molecule has 0 atom stereocenters. The molecule has 3 rings (SSSR count). The number of aromatic amines is 1. The van der Waals surface area contributed by atoms with E-state index < -0.39 is 0 Å². The largest absolute Gasteiger partial charge is 0.508 e. The lowest BCUT2D eigenvalue weighted by Crippen LogP contribution is -2.34. The van der Waals surface area contributed by atoms with Crippen LogP contribution in [0.1, 0.15) is 20.8 Å². The second kappa shape index (κ2) is 8.13. The van der Waals surface area contributed by atoms with Crippen LogP contribution < -0.4 is 10.6 Å².